The summed E-state index contributed by atoms with van der Waals surface area (Å²) in [5.74, 6) is -0.766. The molecule has 3 aromatic carbocycles. The molecule has 6 heteroatoms. The zero-order chi connectivity index (χ0) is 22.9. The predicted molar refractivity (Wildman–Crippen MR) is 130 cm³/mol. The van der Waals surface area contributed by atoms with Crippen LogP contribution >= 0.6 is 0 Å². The van der Waals surface area contributed by atoms with Crippen LogP contribution in [0.15, 0.2) is 84.6 Å². The van der Waals surface area contributed by atoms with Crippen molar-refractivity contribution in [1.29, 1.82) is 5.26 Å². The van der Waals surface area contributed by atoms with E-state index in [9.17, 15) is 10.1 Å². The molecular weight excluding hydrogens is 410 g/mol. The summed E-state index contributed by atoms with van der Waals surface area (Å²) in [6, 6.07) is 26.2. The van der Waals surface area contributed by atoms with Crippen LogP contribution in [0.1, 0.15) is 12.5 Å². The van der Waals surface area contributed by atoms with E-state index in [4.69, 9.17) is 10.8 Å². The van der Waals surface area contributed by atoms with Crippen LogP contribution in [0, 0.1) is 11.3 Å². The van der Waals surface area contributed by atoms with Gasteiger partial charge in [0.2, 0.25) is 0 Å². The molecule has 5 rings (SSSR count). The van der Waals surface area contributed by atoms with Crippen LogP contribution in [-0.2, 0) is 11.3 Å². The fraction of sp³-hybridized carbons (Fsp3) is 0.0741. The summed E-state index contributed by atoms with van der Waals surface area (Å²) < 4.78 is 4.04. The predicted octanol–water partition coefficient (Wildman–Crippen LogP) is 5.06. The molecule has 2 aromatic heterocycles. The molecule has 2 N–H and O–H groups in total. The molecule has 6 nitrogen and oxygen atoms in total. The highest BCUT2D eigenvalue weighted by Gasteiger charge is 2.16. The van der Waals surface area contributed by atoms with Crippen LogP contribution < -0.4 is 5.73 Å². The minimum atomic E-state index is -0.766. The van der Waals surface area contributed by atoms with E-state index in [1.807, 2.05) is 60.8 Å². The maximum atomic E-state index is 11.7. The first-order chi connectivity index (χ1) is 16.1. The number of benzene rings is 3. The van der Waals surface area contributed by atoms with Gasteiger partial charge in [-0.05, 0) is 43.3 Å². The van der Waals surface area contributed by atoms with Crippen LogP contribution in [0.25, 0.3) is 44.8 Å². The summed E-state index contributed by atoms with van der Waals surface area (Å²) in [6.45, 7) is 3.00. The van der Waals surface area contributed by atoms with Gasteiger partial charge in [-0.3, -0.25) is 4.79 Å². The fourth-order valence-electron chi connectivity index (χ4n) is 4.29. The maximum Gasteiger partial charge on any atom is 0.259 e. The van der Waals surface area contributed by atoms with Gasteiger partial charge < -0.3 is 10.3 Å². The van der Waals surface area contributed by atoms with Crippen molar-refractivity contribution in [1.82, 2.24) is 14.3 Å². The number of para-hydroxylation sites is 2. The lowest BCUT2D eigenvalue weighted by Crippen LogP contribution is -2.12. The Kier molecular flexibility index (Phi) is 5.00. The van der Waals surface area contributed by atoms with E-state index in [1.165, 1.54) is 17.0 Å². The first kappa shape index (κ1) is 20.3. The summed E-state index contributed by atoms with van der Waals surface area (Å²) in [7, 11) is 0. The van der Waals surface area contributed by atoms with Gasteiger partial charge in [-0.15, -0.1) is 0 Å². The summed E-state index contributed by atoms with van der Waals surface area (Å²) in [6.07, 6.45) is 3.31. The number of hydrogen-bond donors (Lipinski definition) is 1. The largest absolute Gasteiger partial charge is 0.365 e. The van der Waals surface area contributed by atoms with Gasteiger partial charge in [0.05, 0.1) is 5.69 Å². The number of primary amides is 1. The third kappa shape index (κ3) is 3.46. The molecule has 0 saturated carbocycles. The molecule has 0 bridgehead atoms. The molecule has 0 unspecified atom stereocenters. The normalized spacial score (nSPS) is 11.7. The molecule has 5 aromatic rings. The minimum absolute atomic E-state index is 0.118. The van der Waals surface area contributed by atoms with Crippen molar-refractivity contribution in [2.24, 2.45) is 5.73 Å². The number of aryl methyl sites for hydroxylation is 1. The lowest BCUT2D eigenvalue weighted by atomic mass is 10.0. The highest BCUT2D eigenvalue weighted by molar-refractivity contribution is 6.09. The summed E-state index contributed by atoms with van der Waals surface area (Å²) in [4.78, 5) is 11.7. The molecule has 2 heterocycles. The fourth-order valence-corrected chi connectivity index (χ4v) is 4.29. The minimum Gasteiger partial charge on any atom is -0.365 e. The van der Waals surface area contributed by atoms with E-state index >= 15 is 0 Å². The Morgan fingerprint density at radius 3 is 2.48 bits per heavy atom. The Hall–Kier alpha value is -4.63. The van der Waals surface area contributed by atoms with Crippen molar-refractivity contribution in [3.05, 3.63) is 90.1 Å². The van der Waals surface area contributed by atoms with Crippen molar-refractivity contribution in [3.8, 4) is 23.0 Å². The smallest absolute Gasteiger partial charge is 0.259 e. The number of fused-ring (bicyclic) bond motifs is 3. The van der Waals surface area contributed by atoms with Crippen LogP contribution in [-0.4, -0.2) is 20.3 Å². The van der Waals surface area contributed by atoms with Gasteiger partial charge in [0.15, 0.2) is 0 Å². The number of nitriles is 1. The van der Waals surface area contributed by atoms with E-state index < -0.39 is 5.91 Å². The molecule has 160 valence electrons. The number of nitrogens with zero attached hydrogens (tertiary/aromatic N) is 4. The van der Waals surface area contributed by atoms with E-state index in [-0.39, 0.29) is 5.57 Å². The summed E-state index contributed by atoms with van der Waals surface area (Å²) in [5.41, 5.74) is 10.7. The average Bonchev–Trinajstić information content (AvgIpc) is 3.41. The molecule has 0 aliphatic rings. The Bertz CT molecular complexity index is 1580. The quantitative estimate of drug-likeness (QED) is 0.312. The van der Waals surface area contributed by atoms with Crippen molar-refractivity contribution in [2.45, 2.75) is 13.5 Å². The lowest BCUT2D eigenvalue weighted by molar-refractivity contribution is -0.114. The summed E-state index contributed by atoms with van der Waals surface area (Å²) in [5, 5.41) is 16.5. The monoisotopic (exact) mass is 431 g/mol. The van der Waals surface area contributed by atoms with Gasteiger partial charge in [0.25, 0.3) is 5.91 Å². The van der Waals surface area contributed by atoms with Gasteiger partial charge >= 0.3 is 0 Å². The Morgan fingerprint density at radius 1 is 1.03 bits per heavy atom. The second-order valence-corrected chi connectivity index (χ2v) is 7.74. The van der Waals surface area contributed by atoms with Crippen molar-refractivity contribution in [2.75, 3.05) is 0 Å². The number of hydrogen-bond acceptors (Lipinski definition) is 3. The molecule has 33 heavy (non-hydrogen) atoms. The lowest BCUT2D eigenvalue weighted by Gasteiger charge is -2.04. The molecular formula is C27H21N5O. The highest BCUT2D eigenvalue weighted by Crippen LogP contribution is 2.34. The Morgan fingerprint density at radius 2 is 1.76 bits per heavy atom. The third-order valence-corrected chi connectivity index (χ3v) is 5.81. The number of amides is 1. The standard InChI is InChI=1S/C27H21N5O/c1-2-31-24-11-7-6-10-22(24)23-15-18(12-13-25(23)31)26-20(14-19(16-28)27(29)33)17-32(30-26)21-8-4-3-5-9-21/h3-15,17H,2H2,1H3,(H2,29,33). The van der Waals surface area contributed by atoms with Gasteiger partial charge in [0, 0.05) is 45.7 Å². The first-order valence-corrected chi connectivity index (χ1v) is 10.7. The first-order valence-electron chi connectivity index (χ1n) is 10.7. The van der Waals surface area contributed by atoms with E-state index in [1.54, 1.807) is 4.68 Å². The molecule has 0 fully saturated rings. The van der Waals surface area contributed by atoms with Gasteiger partial charge in [-0.1, -0.05) is 42.5 Å². The highest BCUT2D eigenvalue weighted by atomic mass is 16.1. The van der Waals surface area contributed by atoms with Gasteiger partial charge in [0.1, 0.15) is 17.3 Å². The number of aromatic nitrogens is 3. The number of rotatable bonds is 5. The van der Waals surface area contributed by atoms with Crippen LogP contribution in [0.3, 0.4) is 0 Å². The SMILES string of the molecule is CCn1c2ccccc2c2cc(-c3nn(-c4ccccc4)cc3C=C(C#N)C(N)=O)ccc21. The number of carbonyl (C=O) groups is 1. The molecule has 0 saturated heterocycles. The van der Waals surface area contributed by atoms with Crippen LogP contribution in [0.5, 0.6) is 0 Å². The molecule has 0 aliphatic carbocycles. The molecule has 1 amide bonds. The molecule has 0 aliphatic heterocycles. The van der Waals surface area contributed by atoms with Gasteiger partial charge in [-0.2, -0.15) is 10.4 Å². The van der Waals surface area contributed by atoms with Crippen molar-refractivity contribution in [3.63, 3.8) is 0 Å². The van der Waals surface area contributed by atoms with E-state index in [0.29, 0.717) is 11.3 Å². The number of carbonyl (C=O) groups excluding carboxylic acids is 1. The molecule has 0 radical (unpaired) electrons. The van der Waals surface area contributed by atoms with Crippen molar-refractivity contribution < 1.29 is 4.79 Å². The second kappa shape index (κ2) is 8.13. The summed E-state index contributed by atoms with van der Waals surface area (Å²) >= 11 is 0. The number of nitrogens with two attached hydrogens (primary N) is 1. The molecule has 0 atom stereocenters. The zero-order valence-electron chi connectivity index (χ0n) is 18.1. The second-order valence-electron chi connectivity index (χ2n) is 7.74. The van der Waals surface area contributed by atoms with Crippen LogP contribution in [0.2, 0.25) is 0 Å². The van der Waals surface area contributed by atoms with Crippen LogP contribution in [0.4, 0.5) is 0 Å². The average molecular weight is 431 g/mol. The third-order valence-electron chi connectivity index (χ3n) is 5.81. The topological polar surface area (TPSA) is 89.6 Å². The maximum absolute atomic E-state index is 11.7. The zero-order valence-corrected chi connectivity index (χ0v) is 18.1. The van der Waals surface area contributed by atoms with E-state index in [2.05, 4.69) is 35.8 Å². The van der Waals surface area contributed by atoms with Crippen molar-refractivity contribution >= 4 is 33.8 Å². The van der Waals surface area contributed by atoms with Gasteiger partial charge in [-0.25, -0.2) is 4.68 Å². The Labute approximate surface area is 190 Å². The Balaban J connectivity index is 1.76. The molecule has 0 spiro atoms. The van der Waals surface area contributed by atoms with E-state index in [0.717, 1.165) is 28.7 Å².